The van der Waals surface area contributed by atoms with Crippen LogP contribution >= 0.6 is 0 Å². The van der Waals surface area contributed by atoms with Crippen molar-refractivity contribution in [2.24, 2.45) is 0 Å². The van der Waals surface area contributed by atoms with Crippen molar-refractivity contribution in [2.45, 2.75) is 51.5 Å². The van der Waals surface area contributed by atoms with Gasteiger partial charge in [-0.05, 0) is 6.42 Å². The Bertz CT molecular complexity index is 290. The summed E-state index contributed by atoms with van der Waals surface area (Å²) >= 11 is 0. The van der Waals surface area contributed by atoms with Gasteiger partial charge >= 0.3 is 11.9 Å². The average Bonchev–Trinajstić information content (AvgIpc) is 2.33. The molecule has 2 N–H and O–H groups in total. The second-order valence-electron chi connectivity index (χ2n) is 4.05. The lowest BCUT2D eigenvalue weighted by molar-refractivity contribution is -0.148. The van der Waals surface area contributed by atoms with Crippen molar-refractivity contribution in [3.8, 4) is 0 Å². The molecular weight excluding hydrogens is 238 g/mol. The molecule has 0 aromatic carbocycles. The molecular formula is C12H21NO5. The van der Waals surface area contributed by atoms with Crippen LogP contribution in [-0.4, -0.2) is 36.1 Å². The van der Waals surface area contributed by atoms with Crippen LogP contribution in [0.25, 0.3) is 0 Å². The van der Waals surface area contributed by atoms with Crippen LogP contribution in [0.1, 0.15) is 45.4 Å². The molecule has 0 spiro atoms. The Morgan fingerprint density at radius 1 is 1.22 bits per heavy atom. The number of esters is 1. The Labute approximate surface area is 107 Å². The summed E-state index contributed by atoms with van der Waals surface area (Å²) in [4.78, 5) is 33.3. The Hall–Kier alpha value is -1.59. The monoisotopic (exact) mass is 259 g/mol. The van der Waals surface area contributed by atoms with Crippen molar-refractivity contribution >= 4 is 17.8 Å². The number of carboxylic acids is 1. The first-order valence-electron chi connectivity index (χ1n) is 6.10. The summed E-state index contributed by atoms with van der Waals surface area (Å²) in [6.45, 7) is 2.07. The third kappa shape index (κ3) is 7.65. The predicted molar refractivity (Wildman–Crippen MR) is 65.0 cm³/mol. The summed E-state index contributed by atoms with van der Waals surface area (Å²) < 4.78 is 4.37. The maximum atomic E-state index is 11.5. The van der Waals surface area contributed by atoms with Crippen LogP contribution in [0.4, 0.5) is 0 Å². The second kappa shape index (κ2) is 9.44. The van der Waals surface area contributed by atoms with Crippen molar-refractivity contribution in [3.05, 3.63) is 0 Å². The number of hydrogen-bond donors (Lipinski definition) is 2. The summed E-state index contributed by atoms with van der Waals surface area (Å²) in [5.41, 5.74) is 0. The third-order valence-electron chi connectivity index (χ3n) is 2.49. The normalized spacial score (nSPS) is 11.7. The number of ether oxygens (including phenoxy) is 1. The van der Waals surface area contributed by atoms with Gasteiger partial charge < -0.3 is 15.2 Å². The molecule has 0 aromatic heterocycles. The van der Waals surface area contributed by atoms with E-state index in [9.17, 15) is 14.4 Å². The molecule has 6 heteroatoms. The van der Waals surface area contributed by atoms with E-state index in [0.29, 0.717) is 0 Å². The van der Waals surface area contributed by atoms with Crippen molar-refractivity contribution in [2.75, 3.05) is 7.11 Å². The van der Waals surface area contributed by atoms with Crippen molar-refractivity contribution in [3.63, 3.8) is 0 Å². The smallest absolute Gasteiger partial charge is 0.326 e. The van der Waals surface area contributed by atoms with Gasteiger partial charge in [0.05, 0.1) is 13.5 Å². The fraction of sp³-hybridized carbons (Fsp3) is 0.750. The van der Waals surface area contributed by atoms with Crippen LogP contribution in [0.3, 0.4) is 0 Å². The zero-order valence-electron chi connectivity index (χ0n) is 10.9. The Morgan fingerprint density at radius 3 is 2.39 bits per heavy atom. The van der Waals surface area contributed by atoms with Gasteiger partial charge in [0.1, 0.15) is 6.04 Å². The van der Waals surface area contributed by atoms with Gasteiger partial charge in [0.25, 0.3) is 0 Å². The first-order chi connectivity index (χ1) is 8.51. The minimum Gasteiger partial charge on any atom is -0.480 e. The van der Waals surface area contributed by atoms with Gasteiger partial charge in [0.2, 0.25) is 5.91 Å². The number of nitrogens with one attached hydrogen (secondary N) is 1. The highest BCUT2D eigenvalue weighted by Gasteiger charge is 2.23. The first kappa shape index (κ1) is 16.4. The van der Waals surface area contributed by atoms with Crippen molar-refractivity contribution in [1.29, 1.82) is 0 Å². The molecule has 0 bridgehead atoms. The summed E-state index contributed by atoms with van der Waals surface area (Å²) in [7, 11) is 1.17. The lowest BCUT2D eigenvalue weighted by Gasteiger charge is -2.13. The fourth-order valence-corrected chi connectivity index (χ4v) is 1.43. The maximum absolute atomic E-state index is 11.5. The molecule has 0 aromatic rings. The first-order valence-corrected chi connectivity index (χ1v) is 6.10. The van der Waals surface area contributed by atoms with Crippen LogP contribution in [0, 0.1) is 0 Å². The molecule has 0 aliphatic heterocycles. The Morgan fingerprint density at radius 2 is 1.89 bits per heavy atom. The van der Waals surface area contributed by atoms with Gasteiger partial charge in [-0.1, -0.05) is 26.2 Å². The van der Waals surface area contributed by atoms with Crippen molar-refractivity contribution in [1.82, 2.24) is 5.32 Å². The molecule has 1 atom stereocenters. The van der Waals surface area contributed by atoms with Crippen molar-refractivity contribution < 1.29 is 24.2 Å². The largest absolute Gasteiger partial charge is 0.480 e. The van der Waals surface area contributed by atoms with E-state index in [4.69, 9.17) is 5.11 Å². The van der Waals surface area contributed by atoms with E-state index >= 15 is 0 Å². The van der Waals surface area contributed by atoms with E-state index in [1.807, 2.05) is 0 Å². The van der Waals surface area contributed by atoms with E-state index < -0.39 is 18.0 Å². The standard InChI is InChI=1S/C12H21NO5/c1-3-4-5-6-7-10(14)13-9(12(16)17)8-11(15)18-2/h9H,3-8H2,1-2H3,(H,13,14)(H,16,17)/t9-/m0/s1. The van der Waals surface area contributed by atoms with Gasteiger partial charge in [-0.2, -0.15) is 0 Å². The molecule has 18 heavy (non-hydrogen) atoms. The third-order valence-corrected chi connectivity index (χ3v) is 2.49. The quantitative estimate of drug-likeness (QED) is 0.477. The number of hydrogen-bond acceptors (Lipinski definition) is 4. The predicted octanol–water partition coefficient (Wildman–Crippen LogP) is 1.09. The van der Waals surface area contributed by atoms with Crippen LogP contribution in [0.2, 0.25) is 0 Å². The molecule has 0 saturated carbocycles. The lowest BCUT2D eigenvalue weighted by Crippen LogP contribution is -2.42. The number of rotatable bonds is 9. The van der Waals surface area contributed by atoms with Crippen LogP contribution in [-0.2, 0) is 19.1 Å². The molecule has 0 aliphatic carbocycles. The van der Waals surface area contributed by atoms with Crippen LogP contribution < -0.4 is 5.32 Å². The molecule has 0 heterocycles. The number of unbranched alkanes of at least 4 members (excludes halogenated alkanes) is 3. The van der Waals surface area contributed by atoms with Gasteiger partial charge in [0, 0.05) is 6.42 Å². The van der Waals surface area contributed by atoms with E-state index in [1.165, 1.54) is 7.11 Å². The highest BCUT2D eigenvalue weighted by atomic mass is 16.5. The SMILES string of the molecule is CCCCCCC(=O)N[C@@H](CC(=O)OC)C(=O)O. The second-order valence-corrected chi connectivity index (χ2v) is 4.05. The molecule has 104 valence electrons. The lowest BCUT2D eigenvalue weighted by atomic mass is 10.1. The fourth-order valence-electron chi connectivity index (χ4n) is 1.43. The molecule has 0 unspecified atom stereocenters. The van der Waals surface area contributed by atoms with Crippen LogP contribution in [0.5, 0.6) is 0 Å². The number of carbonyl (C=O) groups is 3. The van der Waals surface area contributed by atoms with E-state index in [2.05, 4.69) is 17.0 Å². The van der Waals surface area contributed by atoms with E-state index in [0.717, 1.165) is 25.7 Å². The molecule has 0 aliphatic rings. The topological polar surface area (TPSA) is 92.7 Å². The highest BCUT2D eigenvalue weighted by Crippen LogP contribution is 2.03. The zero-order valence-corrected chi connectivity index (χ0v) is 10.9. The van der Waals surface area contributed by atoms with Gasteiger partial charge in [-0.15, -0.1) is 0 Å². The molecule has 1 amide bonds. The molecule has 0 fully saturated rings. The zero-order chi connectivity index (χ0) is 14.0. The Balaban J connectivity index is 4.04. The number of methoxy groups -OCH3 is 1. The summed E-state index contributed by atoms with van der Waals surface area (Å²) in [5.74, 6) is -2.24. The van der Waals surface area contributed by atoms with Crippen LogP contribution in [0.15, 0.2) is 0 Å². The maximum Gasteiger partial charge on any atom is 0.326 e. The molecule has 0 rings (SSSR count). The van der Waals surface area contributed by atoms with Gasteiger partial charge in [-0.25, -0.2) is 4.79 Å². The van der Waals surface area contributed by atoms with Gasteiger partial charge in [0.15, 0.2) is 0 Å². The van der Waals surface area contributed by atoms with Gasteiger partial charge in [-0.3, -0.25) is 9.59 Å². The highest BCUT2D eigenvalue weighted by molar-refractivity contribution is 5.87. The minimum atomic E-state index is -1.23. The molecule has 6 nitrogen and oxygen atoms in total. The van der Waals surface area contributed by atoms with E-state index in [1.54, 1.807) is 0 Å². The minimum absolute atomic E-state index is 0.283. The number of carbonyl (C=O) groups excluding carboxylic acids is 2. The number of aliphatic carboxylic acids is 1. The molecule has 0 saturated heterocycles. The summed E-state index contributed by atoms with van der Waals surface area (Å²) in [5, 5.41) is 11.2. The average molecular weight is 259 g/mol. The number of amides is 1. The molecule has 0 radical (unpaired) electrons. The Kier molecular flexibility index (Phi) is 8.61. The van der Waals surface area contributed by atoms with E-state index in [-0.39, 0.29) is 18.7 Å². The summed E-state index contributed by atoms with van der Waals surface area (Å²) in [6.07, 6.45) is 3.72. The summed E-state index contributed by atoms with van der Waals surface area (Å²) in [6, 6.07) is -1.21. The number of carboxylic acid groups (broad SMARTS) is 1.